The molecule has 0 aliphatic carbocycles. The Morgan fingerprint density at radius 3 is 2.86 bits per heavy atom. The van der Waals surface area contributed by atoms with Crippen LogP contribution in [-0.4, -0.2) is 45.7 Å². The fourth-order valence-corrected chi connectivity index (χ4v) is 4.71. The molecule has 3 fully saturated rings. The van der Waals surface area contributed by atoms with Crippen molar-refractivity contribution in [1.29, 1.82) is 0 Å². The number of amides is 1. The minimum absolute atomic E-state index is 0.131. The smallest absolute Gasteiger partial charge is 0.351 e. The maximum atomic E-state index is 13.1. The number of alkyl halides is 3. The Labute approximate surface area is 167 Å². The lowest BCUT2D eigenvalue weighted by atomic mass is 9.93. The van der Waals surface area contributed by atoms with Crippen LogP contribution in [0.25, 0.3) is 5.65 Å². The molecule has 3 saturated heterocycles. The highest BCUT2D eigenvalue weighted by Gasteiger charge is 2.36. The monoisotopic (exact) mass is 422 g/mol. The highest BCUT2D eigenvalue weighted by Crippen LogP contribution is 2.39. The molecule has 2 N–H and O–H groups in total. The van der Waals surface area contributed by atoms with Crippen molar-refractivity contribution in [3.05, 3.63) is 40.3 Å². The van der Waals surface area contributed by atoms with Crippen molar-refractivity contribution >= 4 is 34.4 Å². The molecule has 3 aromatic rings. The summed E-state index contributed by atoms with van der Waals surface area (Å²) in [5.41, 5.74) is 0.187. The van der Waals surface area contributed by atoms with Gasteiger partial charge in [0.25, 0.3) is 5.91 Å². The number of hydrogen-bond acceptors (Lipinski definition) is 6. The number of carbonyl (C=O) groups is 1. The maximum Gasteiger partial charge on any atom is 0.427 e. The van der Waals surface area contributed by atoms with Crippen LogP contribution in [-0.2, 0) is 6.18 Å². The molecule has 2 bridgehead atoms. The van der Waals surface area contributed by atoms with Gasteiger partial charge in [0.15, 0.2) is 5.65 Å². The van der Waals surface area contributed by atoms with E-state index in [0.29, 0.717) is 29.1 Å². The minimum atomic E-state index is -4.52. The average Bonchev–Trinajstić information content (AvgIpc) is 3.35. The third-order valence-electron chi connectivity index (χ3n) is 5.41. The lowest BCUT2D eigenvalue weighted by Crippen LogP contribution is -2.61. The molecule has 7 nitrogen and oxygen atoms in total. The number of rotatable bonds is 3. The number of nitrogens with one attached hydrogen (secondary N) is 2. The first-order valence-corrected chi connectivity index (χ1v) is 10.1. The normalized spacial score (nSPS) is 21.7. The Bertz CT molecular complexity index is 1070. The number of aromatic nitrogens is 3. The van der Waals surface area contributed by atoms with E-state index in [1.807, 2.05) is 6.07 Å². The summed E-state index contributed by atoms with van der Waals surface area (Å²) in [5.74, 6) is 0.0742. The van der Waals surface area contributed by atoms with Gasteiger partial charge in [0.1, 0.15) is 16.3 Å². The van der Waals surface area contributed by atoms with Crippen molar-refractivity contribution in [3.63, 3.8) is 0 Å². The van der Waals surface area contributed by atoms with E-state index in [9.17, 15) is 18.0 Å². The SMILES string of the molecule is O=C(Nc1ccsc1C(F)(F)F)c1cnn2ccc(N3CC4CCC3CN4)nc12. The average molecular weight is 422 g/mol. The number of fused-ring (bicyclic) bond motifs is 4. The van der Waals surface area contributed by atoms with Crippen molar-refractivity contribution in [1.82, 2.24) is 19.9 Å². The van der Waals surface area contributed by atoms with E-state index in [-0.39, 0.29) is 11.3 Å². The van der Waals surface area contributed by atoms with Gasteiger partial charge in [-0.3, -0.25) is 4.79 Å². The van der Waals surface area contributed by atoms with Gasteiger partial charge < -0.3 is 15.5 Å². The Morgan fingerprint density at radius 1 is 1.31 bits per heavy atom. The van der Waals surface area contributed by atoms with Gasteiger partial charge in [-0.1, -0.05) is 0 Å². The first kappa shape index (κ1) is 18.4. The van der Waals surface area contributed by atoms with Crippen LogP contribution in [0, 0.1) is 0 Å². The van der Waals surface area contributed by atoms with Crippen molar-refractivity contribution in [2.45, 2.75) is 31.1 Å². The predicted octanol–water partition coefficient (Wildman–Crippen LogP) is 3.00. The fourth-order valence-electron chi connectivity index (χ4n) is 3.99. The van der Waals surface area contributed by atoms with Crippen LogP contribution in [0.15, 0.2) is 29.9 Å². The molecule has 11 heteroatoms. The molecule has 29 heavy (non-hydrogen) atoms. The summed E-state index contributed by atoms with van der Waals surface area (Å²) in [7, 11) is 0. The number of thiophene rings is 1. The van der Waals surface area contributed by atoms with E-state index >= 15 is 0 Å². The van der Waals surface area contributed by atoms with Gasteiger partial charge in [-0.2, -0.15) is 18.3 Å². The molecular weight excluding hydrogens is 405 g/mol. The number of piperidine rings is 2. The quantitative estimate of drug-likeness (QED) is 0.679. The van der Waals surface area contributed by atoms with Crippen molar-refractivity contribution in [3.8, 4) is 0 Å². The number of anilines is 2. The van der Waals surface area contributed by atoms with Crippen LogP contribution in [0.1, 0.15) is 28.1 Å². The largest absolute Gasteiger partial charge is 0.427 e. The van der Waals surface area contributed by atoms with Gasteiger partial charge >= 0.3 is 6.18 Å². The molecule has 0 radical (unpaired) electrons. The molecule has 2 atom stereocenters. The first-order chi connectivity index (χ1) is 13.9. The lowest BCUT2D eigenvalue weighted by molar-refractivity contribution is -0.133. The van der Waals surface area contributed by atoms with Gasteiger partial charge in [-0.15, -0.1) is 11.3 Å². The van der Waals surface area contributed by atoms with Gasteiger partial charge in [0.05, 0.1) is 11.9 Å². The van der Waals surface area contributed by atoms with E-state index in [4.69, 9.17) is 0 Å². The Hall–Kier alpha value is -2.66. The molecule has 6 rings (SSSR count). The lowest BCUT2D eigenvalue weighted by Gasteiger charge is -2.46. The summed E-state index contributed by atoms with van der Waals surface area (Å²) >= 11 is 0.539. The number of halogens is 3. The summed E-state index contributed by atoms with van der Waals surface area (Å²) in [5, 5.41) is 11.2. The first-order valence-electron chi connectivity index (χ1n) is 9.20. The van der Waals surface area contributed by atoms with Crippen LogP contribution in [0.4, 0.5) is 24.7 Å². The molecule has 6 heterocycles. The number of nitrogens with zero attached hydrogens (tertiary/aromatic N) is 4. The zero-order valence-electron chi connectivity index (χ0n) is 15.1. The van der Waals surface area contributed by atoms with Crippen molar-refractivity contribution in [2.24, 2.45) is 0 Å². The summed E-state index contributed by atoms with van der Waals surface area (Å²) in [6.07, 6.45) is 0.729. The minimum Gasteiger partial charge on any atom is -0.351 e. The molecule has 2 unspecified atom stereocenters. The molecule has 0 aromatic carbocycles. The second kappa shape index (κ2) is 6.70. The highest BCUT2D eigenvalue weighted by molar-refractivity contribution is 7.10. The third-order valence-corrected chi connectivity index (χ3v) is 6.37. The molecule has 3 aliphatic heterocycles. The van der Waals surface area contributed by atoms with Crippen LogP contribution < -0.4 is 15.5 Å². The third kappa shape index (κ3) is 3.23. The van der Waals surface area contributed by atoms with Gasteiger partial charge in [0.2, 0.25) is 0 Å². The molecule has 1 amide bonds. The van der Waals surface area contributed by atoms with E-state index in [0.717, 1.165) is 31.7 Å². The molecule has 0 spiro atoms. The van der Waals surface area contributed by atoms with E-state index in [1.165, 1.54) is 22.2 Å². The topological polar surface area (TPSA) is 74.6 Å². The maximum absolute atomic E-state index is 13.1. The summed E-state index contributed by atoms with van der Waals surface area (Å²) in [4.78, 5) is 18.7. The Kier molecular flexibility index (Phi) is 4.24. The molecule has 3 aliphatic rings. The van der Waals surface area contributed by atoms with Crippen LogP contribution >= 0.6 is 11.3 Å². The molecular formula is C18H17F3N6OS. The Morgan fingerprint density at radius 2 is 2.17 bits per heavy atom. The number of carbonyl (C=O) groups excluding carboxylic acids is 1. The van der Waals surface area contributed by atoms with E-state index in [2.05, 4.69) is 25.6 Å². The second-order valence-corrected chi connectivity index (χ2v) is 8.13. The summed E-state index contributed by atoms with van der Waals surface area (Å²) < 4.78 is 40.7. The number of hydrogen-bond donors (Lipinski definition) is 2. The van der Waals surface area contributed by atoms with Gasteiger partial charge in [0, 0.05) is 31.4 Å². The Balaban J connectivity index is 1.45. The molecule has 3 aromatic heterocycles. The van der Waals surface area contributed by atoms with Gasteiger partial charge in [-0.25, -0.2) is 9.50 Å². The van der Waals surface area contributed by atoms with Crippen LogP contribution in [0.5, 0.6) is 0 Å². The van der Waals surface area contributed by atoms with E-state index < -0.39 is 17.0 Å². The van der Waals surface area contributed by atoms with Crippen LogP contribution in [0.2, 0.25) is 0 Å². The van der Waals surface area contributed by atoms with E-state index in [1.54, 1.807) is 6.20 Å². The molecule has 152 valence electrons. The van der Waals surface area contributed by atoms with Crippen molar-refractivity contribution < 1.29 is 18.0 Å². The standard InChI is InChI=1S/C18H17F3N6OS/c19-18(20,21)15-13(4-6-29-15)24-17(28)12-8-23-27-5-3-14(25-16(12)27)26-9-10-1-2-11(26)7-22-10/h3-6,8,10-11,22H,1-2,7,9H2,(H,24,28). The predicted molar refractivity (Wildman–Crippen MR) is 102 cm³/mol. The fraction of sp³-hybridized carbons (Fsp3) is 0.389. The van der Waals surface area contributed by atoms with Crippen LogP contribution in [0.3, 0.4) is 0 Å². The second-order valence-electron chi connectivity index (χ2n) is 7.22. The summed E-state index contributed by atoms with van der Waals surface area (Å²) in [6.45, 7) is 1.73. The summed E-state index contributed by atoms with van der Waals surface area (Å²) in [6, 6.07) is 3.86. The zero-order valence-corrected chi connectivity index (χ0v) is 15.9. The molecule has 0 saturated carbocycles. The van der Waals surface area contributed by atoms with Crippen molar-refractivity contribution in [2.75, 3.05) is 23.3 Å². The highest BCUT2D eigenvalue weighted by atomic mass is 32.1. The van der Waals surface area contributed by atoms with Gasteiger partial charge in [-0.05, 0) is 30.4 Å². The zero-order chi connectivity index (χ0) is 20.2. The number of piperazine rings is 1.